The fraction of sp³-hybridized carbons (Fsp3) is 0.405. The van der Waals surface area contributed by atoms with Gasteiger partial charge in [-0.1, -0.05) is 94.6 Å². The lowest BCUT2D eigenvalue weighted by Gasteiger charge is -2.16. The molecule has 0 spiro atoms. The van der Waals surface area contributed by atoms with E-state index in [0.29, 0.717) is 11.3 Å². The molecule has 0 aliphatic carbocycles. The quantitative estimate of drug-likeness (QED) is 0.136. The zero-order chi connectivity index (χ0) is 30.1. The number of sulfone groups is 1. The van der Waals surface area contributed by atoms with Gasteiger partial charge in [0.2, 0.25) is 0 Å². The molecule has 0 saturated carbocycles. The van der Waals surface area contributed by atoms with Crippen LogP contribution in [-0.2, 0) is 9.84 Å². The molecule has 0 amide bonds. The molecule has 0 saturated heterocycles. The fourth-order valence-electron chi connectivity index (χ4n) is 4.53. The second kappa shape index (κ2) is 18.8. The first-order chi connectivity index (χ1) is 19.6. The lowest BCUT2D eigenvalue weighted by Crippen LogP contribution is -2.20. The lowest BCUT2D eigenvalue weighted by molar-refractivity contribution is 0.587. The van der Waals surface area contributed by atoms with Gasteiger partial charge in [-0.05, 0) is 111 Å². The zero-order valence-corrected chi connectivity index (χ0v) is 27.7. The van der Waals surface area contributed by atoms with Crippen molar-refractivity contribution in [2.24, 2.45) is 0 Å². The average Bonchev–Trinajstić information content (AvgIpc) is 2.93. The number of thioether (sulfide) groups is 1. The summed E-state index contributed by atoms with van der Waals surface area (Å²) in [5, 5.41) is -0.576. The molecule has 1 atom stereocenters. The highest BCUT2D eigenvalue weighted by Crippen LogP contribution is 2.25. The fourth-order valence-corrected chi connectivity index (χ4v) is 7.22. The van der Waals surface area contributed by atoms with Crippen molar-refractivity contribution in [3.63, 3.8) is 0 Å². The minimum Gasteiger partial charge on any atom is -0.223 e. The van der Waals surface area contributed by atoms with Crippen LogP contribution in [0.4, 0.5) is 0 Å². The van der Waals surface area contributed by atoms with Crippen LogP contribution in [0.25, 0.3) is 0 Å². The van der Waals surface area contributed by atoms with Crippen molar-refractivity contribution in [2.75, 3.05) is 5.75 Å². The van der Waals surface area contributed by atoms with Gasteiger partial charge in [-0.15, -0.1) is 11.8 Å². The van der Waals surface area contributed by atoms with Gasteiger partial charge in [-0.3, -0.25) is 0 Å². The standard InChI is InChI=1S/C37H50O2S2/c1-30(2)16-13-17-31(3)18-14-19-32(4)20-15-21-33(5)28-37(41(38,39)36-24-11-8-12-25-36)29-34(6)26-27-40-35-22-9-7-10-23-35/h7-12,16,18,20,22-26,28,37H,13-15,17,19,21,27,29H2,1-6H3/b31-18+,32-20+,33-28+,34-26+. The smallest absolute Gasteiger partial charge is 0.185 e. The molecule has 0 aliphatic rings. The van der Waals surface area contributed by atoms with Gasteiger partial charge in [0.05, 0.1) is 10.1 Å². The van der Waals surface area contributed by atoms with Crippen molar-refractivity contribution in [3.8, 4) is 0 Å². The maximum Gasteiger partial charge on any atom is 0.185 e. The Kier molecular flexibility index (Phi) is 15.9. The van der Waals surface area contributed by atoms with E-state index in [9.17, 15) is 8.42 Å². The van der Waals surface area contributed by atoms with Crippen molar-refractivity contribution < 1.29 is 8.42 Å². The van der Waals surface area contributed by atoms with E-state index in [0.717, 1.165) is 55.4 Å². The van der Waals surface area contributed by atoms with Crippen LogP contribution in [0, 0.1) is 0 Å². The van der Waals surface area contributed by atoms with E-state index < -0.39 is 15.1 Å². The molecule has 0 fully saturated rings. The van der Waals surface area contributed by atoms with E-state index in [2.05, 4.69) is 71.1 Å². The normalized spacial score (nSPS) is 14.2. The van der Waals surface area contributed by atoms with Gasteiger partial charge in [-0.2, -0.15) is 0 Å². The molecule has 41 heavy (non-hydrogen) atoms. The Morgan fingerprint density at radius 2 is 1.17 bits per heavy atom. The average molecular weight is 591 g/mol. The van der Waals surface area contributed by atoms with Gasteiger partial charge in [0.25, 0.3) is 0 Å². The van der Waals surface area contributed by atoms with Gasteiger partial charge >= 0.3 is 0 Å². The summed E-state index contributed by atoms with van der Waals surface area (Å²) < 4.78 is 27.3. The van der Waals surface area contributed by atoms with Crippen LogP contribution in [0.3, 0.4) is 0 Å². The molecule has 2 aromatic carbocycles. The van der Waals surface area contributed by atoms with E-state index in [-0.39, 0.29) is 0 Å². The Labute approximate surface area is 255 Å². The van der Waals surface area contributed by atoms with E-state index >= 15 is 0 Å². The number of rotatable bonds is 17. The summed E-state index contributed by atoms with van der Waals surface area (Å²) >= 11 is 1.77. The first-order valence-electron chi connectivity index (χ1n) is 14.8. The summed E-state index contributed by atoms with van der Waals surface area (Å²) in [5.41, 5.74) is 6.47. The lowest BCUT2D eigenvalue weighted by atomic mass is 10.0. The number of hydrogen-bond acceptors (Lipinski definition) is 3. The van der Waals surface area contributed by atoms with Crippen LogP contribution < -0.4 is 0 Å². The van der Waals surface area contributed by atoms with Gasteiger partial charge < -0.3 is 0 Å². The summed E-state index contributed by atoms with van der Waals surface area (Å²) in [7, 11) is -3.49. The Bertz CT molecular complexity index is 1310. The van der Waals surface area contributed by atoms with Gasteiger partial charge in [-0.25, -0.2) is 8.42 Å². The van der Waals surface area contributed by atoms with E-state index in [1.165, 1.54) is 21.6 Å². The van der Waals surface area contributed by atoms with E-state index in [1.54, 1.807) is 36.0 Å². The van der Waals surface area contributed by atoms with Crippen molar-refractivity contribution in [1.29, 1.82) is 0 Å². The van der Waals surface area contributed by atoms with E-state index in [4.69, 9.17) is 0 Å². The summed E-state index contributed by atoms with van der Waals surface area (Å²) in [5.74, 6) is 0.824. The zero-order valence-electron chi connectivity index (χ0n) is 26.0. The molecule has 0 N–H and O–H groups in total. The Hall–Kier alpha value is -2.56. The van der Waals surface area contributed by atoms with Crippen LogP contribution in [0.15, 0.2) is 129 Å². The van der Waals surface area contributed by atoms with Crippen LogP contribution in [0.2, 0.25) is 0 Å². The summed E-state index contributed by atoms with van der Waals surface area (Å²) in [6.07, 6.45) is 17.8. The largest absolute Gasteiger partial charge is 0.223 e. The Balaban J connectivity index is 2.02. The van der Waals surface area contributed by atoms with Crippen LogP contribution in [-0.4, -0.2) is 19.4 Å². The monoisotopic (exact) mass is 590 g/mol. The highest BCUT2D eigenvalue weighted by atomic mass is 32.2. The van der Waals surface area contributed by atoms with Gasteiger partial charge in [0.1, 0.15) is 0 Å². The number of hydrogen-bond donors (Lipinski definition) is 0. The minimum absolute atomic E-state index is 0.389. The van der Waals surface area contributed by atoms with Crippen LogP contribution in [0.5, 0.6) is 0 Å². The van der Waals surface area contributed by atoms with Crippen LogP contribution in [0.1, 0.15) is 86.5 Å². The summed E-state index contributed by atoms with van der Waals surface area (Å²) in [6.45, 7) is 12.8. The molecular formula is C37H50O2S2. The molecule has 0 bridgehead atoms. The van der Waals surface area contributed by atoms with E-state index in [1.807, 2.05) is 37.3 Å². The van der Waals surface area contributed by atoms with Gasteiger partial charge in [0.15, 0.2) is 9.84 Å². The Morgan fingerprint density at radius 1 is 0.659 bits per heavy atom. The van der Waals surface area contributed by atoms with Gasteiger partial charge in [0, 0.05) is 10.6 Å². The molecule has 0 heterocycles. The Morgan fingerprint density at radius 3 is 1.73 bits per heavy atom. The highest BCUT2D eigenvalue weighted by molar-refractivity contribution is 7.99. The maximum atomic E-state index is 13.7. The minimum atomic E-state index is -3.49. The second-order valence-electron chi connectivity index (χ2n) is 11.3. The molecule has 0 radical (unpaired) electrons. The molecule has 222 valence electrons. The predicted molar refractivity (Wildman–Crippen MR) is 181 cm³/mol. The molecule has 0 aromatic heterocycles. The first-order valence-corrected chi connectivity index (χ1v) is 17.4. The van der Waals surface area contributed by atoms with Crippen molar-refractivity contribution in [3.05, 3.63) is 119 Å². The predicted octanol–water partition coefficient (Wildman–Crippen LogP) is 11.1. The highest BCUT2D eigenvalue weighted by Gasteiger charge is 2.26. The molecular weight excluding hydrogens is 541 g/mol. The van der Waals surface area contributed by atoms with Crippen molar-refractivity contribution in [1.82, 2.24) is 0 Å². The summed E-state index contributed by atoms with van der Waals surface area (Å²) in [6, 6.07) is 19.2. The topological polar surface area (TPSA) is 34.1 Å². The van der Waals surface area contributed by atoms with Crippen molar-refractivity contribution >= 4 is 21.6 Å². The third-order valence-electron chi connectivity index (χ3n) is 7.04. The third kappa shape index (κ3) is 14.3. The van der Waals surface area contributed by atoms with Crippen LogP contribution >= 0.6 is 11.8 Å². The second-order valence-corrected chi connectivity index (χ2v) is 14.5. The SMILES string of the molecule is CC(C)=CCC/C(C)=C/CC/C(C)=C/CC/C(C)=C/C(C/C(C)=C/CSc1ccccc1)S(=O)(=O)c1ccccc1. The molecule has 0 aliphatic heterocycles. The molecule has 2 rings (SSSR count). The molecule has 1 unspecified atom stereocenters. The molecule has 2 aromatic rings. The number of benzene rings is 2. The first kappa shape index (κ1) is 34.6. The molecule has 2 nitrogen and oxygen atoms in total. The molecule has 4 heteroatoms. The number of allylic oxidation sites excluding steroid dienone is 8. The third-order valence-corrected chi connectivity index (χ3v) is 10.0. The maximum absolute atomic E-state index is 13.7. The summed E-state index contributed by atoms with van der Waals surface area (Å²) in [4.78, 5) is 1.61. The van der Waals surface area contributed by atoms with Crippen molar-refractivity contribution in [2.45, 2.75) is 102 Å².